The fraction of sp³-hybridized carbons (Fsp3) is 0.308. The van der Waals surface area contributed by atoms with Crippen LogP contribution in [0.5, 0.6) is 0 Å². The lowest BCUT2D eigenvalue weighted by molar-refractivity contribution is 0.556. The van der Waals surface area contributed by atoms with E-state index in [1.54, 1.807) is 23.1 Å². The maximum atomic E-state index is 13.2. The quantitative estimate of drug-likeness (QED) is 0.885. The number of nitrogen functional groups attached to an aromatic ring is 1. The molecule has 1 unspecified atom stereocenters. The summed E-state index contributed by atoms with van der Waals surface area (Å²) in [5.74, 6) is -0.197. The van der Waals surface area contributed by atoms with Gasteiger partial charge in [-0.25, -0.2) is 4.39 Å². The highest BCUT2D eigenvalue weighted by Crippen LogP contribution is 2.23. The first-order chi connectivity index (χ1) is 8.11. The lowest BCUT2D eigenvalue weighted by Gasteiger charge is -2.16. The maximum Gasteiger partial charge on any atom is 0.123 e. The molecule has 2 rings (SSSR count). The molecule has 0 bridgehead atoms. The monoisotopic (exact) mass is 233 g/mol. The number of hydrogen-bond acceptors (Lipinski definition) is 2. The number of nitrogens with two attached hydrogens (primary N) is 1. The van der Waals surface area contributed by atoms with Crippen LogP contribution in [-0.2, 0) is 6.42 Å². The third kappa shape index (κ3) is 2.30. The highest BCUT2D eigenvalue weighted by atomic mass is 19.1. The van der Waals surface area contributed by atoms with Crippen LogP contribution < -0.4 is 5.73 Å². The van der Waals surface area contributed by atoms with Gasteiger partial charge in [0.25, 0.3) is 0 Å². The van der Waals surface area contributed by atoms with Crippen LogP contribution in [0, 0.1) is 5.82 Å². The summed E-state index contributed by atoms with van der Waals surface area (Å²) in [5, 5.41) is 4.19. The van der Waals surface area contributed by atoms with E-state index in [1.165, 1.54) is 6.07 Å². The molecule has 1 aromatic heterocycles. The van der Waals surface area contributed by atoms with Gasteiger partial charge in [-0.15, -0.1) is 0 Å². The van der Waals surface area contributed by atoms with Gasteiger partial charge in [0.15, 0.2) is 0 Å². The summed E-state index contributed by atoms with van der Waals surface area (Å²) >= 11 is 0. The first-order valence-electron chi connectivity index (χ1n) is 5.69. The minimum Gasteiger partial charge on any atom is -0.396 e. The molecule has 0 saturated carbocycles. The second kappa shape index (κ2) is 4.57. The molecule has 0 radical (unpaired) electrons. The Labute approximate surface area is 100 Å². The van der Waals surface area contributed by atoms with E-state index in [0.717, 1.165) is 17.5 Å². The van der Waals surface area contributed by atoms with Crippen LogP contribution in [0.3, 0.4) is 0 Å². The Kier molecular flexibility index (Phi) is 3.13. The Hall–Kier alpha value is -1.84. The topological polar surface area (TPSA) is 43.8 Å². The first-order valence-corrected chi connectivity index (χ1v) is 5.69. The van der Waals surface area contributed by atoms with Crippen molar-refractivity contribution in [1.82, 2.24) is 9.78 Å². The van der Waals surface area contributed by atoms with Crippen LogP contribution in [0.25, 0.3) is 0 Å². The van der Waals surface area contributed by atoms with E-state index in [0.29, 0.717) is 5.69 Å². The van der Waals surface area contributed by atoms with Crippen molar-refractivity contribution in [1.29, 1.82) is 0 Å². The van der Waals surface area contributed by atoms with E-state index in [-0.39, 0.29) is 11.9 Å². The highest BCUT2D eigenvalue weighted by Gasteiger charge is 2.13. The average molecular weight is 233 g/mol. The van der Waals surface area contributed by atoms with Crippen LogP contribution in [-0.4, -0.2) is 9.78 Å². The first kappa shape index (κ1) is 11.6. The van der Waals surface area contributed by atoms with Gasteiger partial charge in [0.1, 0.15) is 5.82 Å². The van der Waals surface area contributed by atoms with E-state index in [2.05, 4.69) is 5.10 Å². The number of aryl methyl sites for hydroxylation is 1. The normalized spacial score (nSPS) is 12.6. The van der Waals surface area contributed by atoms with E-state index < -0.39 is 0 Å². The zero-order valence-electron chi connectivity index (χ0n) is 10.0. The summed E-state index contributed by atoms with van der Waals surface area (Å²) < 4.78 is 15.0. The number of hydrogen-bond donors (Lipinski definition) is 1. The van der Waals surface area contributed by atoms with E-state index in [9.17, 15) is 4.39 Å². The van der Waals surface area contributed by atoms with E-state index in [1.807, 2.05) is 19.9 Å². The van der Waals surface area contributed by atoms with Gasteiger partial charge < -0.3 is 5.73 Å². The van der Waals surface area contributed by atoms with Crippen molar-refractivity contribution in [2.24, 2.45) is 0 Å². The zero-order chi connectivity index (χ0) is 12.4. The van der Waals surface area contributed by atoms with Gasteiger partial charge in [0, 0.05) is 6.20 Å². The van der Waals surface area contributed by atoms with Gasteiger partial charge in [0.05, 0.1) is 17.9 Å². The van der Waals surface area contributed by atoms with Gasteiger partial charge in [0.2, 0.25) is 0 Å². The van der Waals surface area contributed by atoms with Crippen molar-refractivity contribution >= 4 is 5.69 Å². The minimum atomic E-state index is -0.197. The van der Waals surface area contributed by atoms with Gasteiger partial charge >= 0.3 is 0 Å². The summed E-state index contributed by atoms with van der Waals surface area (Å²) in [6, 6.07) is 4.94. The van der Waals surface area contributed by atoms with Crippen molar-refractivity contribution < 1.29 is 4.39 Å². The minimum absolute atomic E-state index is 0.0582. The summed E-state index contributed by atoms with van der Waals surface area (Å²) in [4.78, 5) is 0. The standard InChI is InChI=1S/C13H16FN3/c1-3-10-6-11(14)4-5-13(10)9(2)17-8-12(15)7-16-17/h4-9H,3,15H2,1-2H3. The van der Waals surface area contributed by atoms with Gasteiger partial charge in [-0.1, -0.05) is 13.0 Å². The largest absolute Gasteiger partial charge is 0.396 e. The summed E-state index contributed by atoms with van der Waals surface area (Å²) in [7, 11) is 0. The number of nitrogens with zero attached hydrogens (tertiary/aromatic N) is 2. The fourth-order valence-corrected chi connectivity index (χ4v) is 2.00. The number of halogens is 1. The lowest BCUT2D eigenvalue weighted by Crippen LogP contribution is -2.09. The predicted octanol–water partition coefficient (Wildman–Crippen LogP) is 2.78. The molecular formula is C13H16FN3. The molecule has 0 fully saturated rings. The van der Waals surface area contributed by atoms with Crippen molar-refractivity contribution in [2.45, 2.75) is 26.3 Å². The number of anilines is 1. The second-order valence-corrected chi connectivity index (χ2v) is 4.13. The molecule has 0 aliphatic heterocycles. The molecule has 2 aromatic rings. The van der Waals surface area contributed by atoms with Gasteiger partial charge in [-0.05, 0) is 36.6 Å². The van der Waals surface area contributed by atoms with Crippen LogP contribution in [0.2, 0.25) is 0 Å². The third-order valence-electron chi connectivity index (χ3n) is 2.95. The summed E-state index contributed by atoms with van der Waals surface area (Å²) in [6.07, 6.45) is 4.20. The highest BCUT2D eigenvalue weighted by molar-refractivity contribution is 5.34. The molecule has 0 spiro atoms. The Morgan fingerprint density at radius 1 is 1.47 bits per heavy atom. The smallest absolute Gasteiger partial charge is 0.123 e. The van der Waals surface area contributed by atoms with E-state index >= 15 is 0 Å². The van der Waals surface area contributed by atoms with Gasteiger partial charge in [-0.3, -0.25) is 4.68 Å². The maximum absolute atomic E-state index is 13.2. The molecule has 0 saturated heterocycles. The fourth-order valence-electron chi connectivity index (χ4n) is 2.00. The Morgan fingerprint density at radius 3 is 2.82 bits per heavy atom. The van der Waals surface area contributed by atoms with Gasteiger partial charge in [-0.2, -0.15) is 5.10 Å². The average Bonchev–Trinajstić information content (AvgIpc) is 2.75. The van der Waals surface area contributed by atoms with Crippen LogP contribution in [0.15, 0.2) is 30.6 Å². The molecule has 90 valence electrons. The summed E-state index contributed by atoms with van der Waals surface area (Å²) in [6.45, 7) is 4.04. The molecule has 1 aromatic carbocycles. The van der Waals surface area contributed by atoms with Crippen LogP contribution in [0.1, 0.15) is 31.0 Å². The van der Waals surface area contributed by atoms with Crippen molar-refractivity contribution in [2.75, 3.05) is 5.73 Å². The zero-order valence-corrected chi connectivity index (χ0v) is 10.0. The number of benzene rings is 1. The lowest BCUT2D eigenvalue weighted by atomic mass is 9.99. The van der Waals surface area contributed by atoms with Crippen molar-refractivity contribution in [3.8, 4) is 0 Å². The molecule has 0 amide bonds. The molecular weight excluding hydrogens is 217 g/mol. The molecule has 4 heteroatoms. The molecule has 3 nitrogen and oxygen atoms in total. The van der Waals surface area contributed by atoms with Crippen LogP contribution in [0.4, 0.5) is 10.1 Å². The Balaban J connectivity index is 2.39. The number of rotatable bonds is 3. The van der Waals surface area contributed by atoms with Crippen LogP contribution >= 0.6 is 0 Å². The van der Waals surface area contributed by atoms with E-state index in [4.69, 9.17) is 5.73 Å². The molecule has 1 heterocycles. The molecule has 17 heavy (non-hydrogen) atoms. The molecule has 0 aliphatic carbocycles. The van der Waals surface area contributed by atoms with Crippen molar-refractivity contribution in [3.05, 3.63) is 47.5 Å². The second-order valence-electron chi connectivity index (χ2n) is 4.13. The SMILES string of the molecule is CCc1cc(F)ccc1C(C)n1cc(N)cn1. The predicted molar refractivity (Wildman–Crippen MR) is 66.2 cm³/mol. The molecule has 0 aliphatic rings. The number of aromatic nitrogens is 2. The Bertz CT molecular complexity index is 519. The Morgan fingerprint density at radius 2 is 2.24 bits per heavy atom. The summed E-state index contributed by atoms with van der Waals surface area (Å²) in [5.41, 5.74) is 8.37. The van der Waals surface area contributed by atoms with Crippen molar-refractivity contribution in [3.63, 3.8) is 0 Å². The molecule has 1 atom stereocenters. The third-order valence-corrected chi connectivity index (χ3v) is 2.95. The molecule has 2 N–H and O–H groups in total.